The summed E-state index contributed by atoms with van der Waals surface area (Å²) in [5.41, 5.74) is 0.821. The third-order valence-corrected chi connectivity index (χ3v) is 5.33. The molecule has 0 saturated carbocycles. The lowest BCUT2D eigenvalue weighted by Crippen LogP contribution is -2.54. The number of carbonyl (C=O) groups is 1. The Morgan fingerprint density at radius 3 is 2.81 bits per heavy atom. The molecule has 1 aromatic carbocycles. The van der Waals surface area contributed by atoms with Gasteiger partial charge in [-0.15, -0.1) is 11.3 Å². The molecule has 1 aliphatic heterocycles. The predicted octanol–water partition coefficient (Wildman–Crippen LogP) is 2.49. The Balaban J connectivity index is 2.18. The number of ether oxygens (including phenoxy) is 1. The minimum Gasteiger partial charge on any atom is -0.485 e. The summed E-state index contributed by atoms with van der Waals surface area (Å²) >= 11 is 1.31. The molecule has 1 aromatic heterocycles. The Labute approximate surface area is 155 Å². The summed E-state index contributed by atoms with van der Waals surface area (Å²) in [5, 5.41) is 32.0. The minimum absolute atomic E-state index is 0.332. The number of carboxylic acid groups (broad SMARTS) is 1. The van der Waals surface area contributed by atoms with Gasteiger partial charge in [0.05, 0.1) is 23.4 Å². The molecule has 0 unspecified atom stereocenters. The number of aliphatic hydroxyl groups is 1. The van der Waals surface area contributed by atoms with E-state index in [0.717, 1.165) is 5.69 Å². The van der Waals surface area contributed by atoms with E-state index in [-0.39, 0.29) is 6.54 Å². The molecule has 8 heteroatoms. The fraction of sp³-hybridized carbons (Fsp3) is 0.389. The highest BCUT2D eigenvalue weighted by Crippen LogP contribution is 2.45. The van der Waals surface area contributed by atoms with E-state index in [1.54, 1.807) is 36.9 Å². The molecule has 2 heterocycles. The minimum atomic E-state index is -1.03. The highest BCUT2D eigenvalue weighted by Gasteiger charge is 2.46. The number of thiazole rings is 1. The van der Waals surface area contributed by atoms with Crippen LogP contribution in [0.25, 0.3) is 0 Å². The number of benzene rings is 1. The van der Waals surface area contributed by atoms with Gasteiger partial charge in [-0.2, -0.15) is 5.26 Å². The predicted molar refractivity (Wildman–Crippen MR) is 96.4 cm³/mol. The maximum atomic E-state index is 11.5. The van der Waals surface area contributed by atoms with Crippen molar-refractivity contribution in [2.24, 2.45) is 0 Å². The number of aryl methyl sites for hydroxylation is 1. The summed E-state index contributed by atoms with van der Waals surface area (Å²) in [7, 11) is 0. The lowest BCUT2D eigenvalue weighted by atomic mass is 9.85. The van der Waals surface area contributed by atoms with Gasteiger partial charge in [0.15, 0.2) is 5.13 Å². The van der Waals surface area contributed by atoms with Crippen LogP contribution in [0.3, 0.4) is 0 Å². The van der Waals surface area contributed by atoms with Gasteiger partial charge < -0.3 is 19.8 Å². The Kier molecular flexibility index (Phi) is 4.61. The van der Waals surface area contributed by atoms with Crippen molar-refractivity contribution >= 4 is 22.4 Å². The number of carboxylic acids is 1. The molecule has 26 heavy (non-hydrogen) atoms. The average Bonchev–Trinajstić information content (AvgIpc) is 3.00. The highest BCUT2D eigenvalue weighted by molar-refractivity contribution is 7.13. The lowest BCUT2D eigenvalue weighted by Gasteiger charge is -2.46. The van der Waals surface area contributed by atoms with E-state index in [2.05, 4.69) is 11.1 Å². The van der Waals surface area contributed by atoms with E-state index < -0.39 is 23.7 Å². The molecule has 3 rings (SSSR count). The van der Waals surface area contributed by atoms with Gasteiger partial charge in [-0.25, -0.2) is 4.98 Å². The van der Waals surface area contributed by atoms with Crippen LogP contribution in [0.4, 0.5) is 5.13 Å². The van der Waals surface area contributed by atoms with Crippen LogP contribution in [0.2, 0.25) is 0 Å². The number of fused-ring (bicyclic) bond motifs is 1. The molecular formula is C18H19N3O4S. The zero-order chi connectivity index (χ0) is 19.1. The molecule has 0 radical (unpaired) electrons. The van der Waals surface area contributed by atoms with Gasteiger partial charge in [-0.1, -0.05) is 0 Å². The van der Waals surface area contributed by atoms with Crippen molar-refractivity contribution in [3.8, 4) is 11.8 Å². The second kappa shape index (κ2) is 6.59. The van der Waals surface area contributed by atoms with E-state index in [4.69, 9.17) is 4.74 Å². The molecule has 0 aliphatic carbocycles. The average molecular weight is 373 g/mol. The van der Waals surface area contributed by atoms with Gasteiger partial charge >= 0.3 is 5.97 Å². The quantitative estimate of drug-likeness (QED) is 0.848. The van der Waals surface area contributed by atoms with Gasteiger partial charge in [-0.3, -0.25) is 4.79 Å². The van der Waals surface area contributed by atoms with Crippen LogP contribution in [-0.2, 0) is 4.79 Å². The van der Waals surface area contributed by atoms with Crippen molar-refractivity contribution in [2.75, 3.05) is 11.4 Å². The van der Waals surface area contributed by atoms with E-state index >= 15 is 0 Å². The van der Waals surface area contributed by atoms with Crippen LogP contribution < -0.4 is 9.64 Å². The summed E-state index contributed by atoms with van der Waals surface area (Å²) in [6.07, 6.45) is -1.02. The summed E-state index contributed by atoms with van der Waals surface area (Å²) in [6.45, 7) is 4.99. The number of nitriles is 1. The highest BCUT2D eigenvalue weighted by atomic mass is 32.1. The topological polar surface area (TPSA) is 107 Å². The Morgan fingerprint density at radius 2 is 2.23 bits per heavy atom. The van der Waals surface area contributed by atoms with Gasteiger partial charge in [0.25, 0.3) is 0 Å². The third-order valence-electron chi connectivity index (χ3n) is 4.34. The van der Waals surface area contributed by atoms with Crippen LogP contribution >= 0.6 is 11.3 Å². The Morgan fingerprint density at radius 1 is 1.50 bits per heavy atom. The largest absolute Gasteiger partial charge is 0.485 e. The first-order valence-corrected chi connectivity index (χ1v) is 8.92. The van der Waals surface area contributed by atoms with Crippen molar-refractivity contribution in [1.82, 2.24) is 4.98 Å². The molecule has 0 fully saturated rings. The summed E-state index contributed by atoms with van der Waals surface area (Å²) < 4.78 is 5.91. The molecular weight excluding hydrogens is 354 g/mol. The normalized spacial score (nSPS) is 20.6. The zero-order valence-corrected chi connectivity index (χ0v) is 15.4. The lowest BCUT2D eigenvalue weighted by molar-refractivity contribution is -0.135. The van der Waals surface area contributed by atoms with Crippen LogP contribution in [0.5, 0.6) is 5.75 Å². The van der Waals surface area contributed by atoms with Crippen molar-refractivity contribution < 1.29 is 19.7 Å². The van der Waals surface area contributed by atoms with E-state index in [0.29, 0.717) is 22.0 Å². The molecule has 0 saturated heterocycles. The maximum Gasteiger partial charge on any atom is 0.323 e. The molecule has 0 amide bonds. The van der Waals surface area contributed by atoms with Gasteiger partial charge in [0, 0.05) is 10.9 Å². The fourth-order valence-electron chi connectivity index (χ4n) is 3.08. The smallest absolute Gasteiger partial charge is 0.323 e. The first-order chi connectivity index (χ1) is 12.2. The number of hydrogen-bond donors (Lipinski definition) is 2. The van der Waals surface area contributed by atoms with Gasteiger partial charge in [-0.05, 0) is 39.0 Å². The van der Waals surface area contributed by atoms with Crippen LogP contribution in [0, 0.1) is 18.3 Å². The molecule has 0 bridgehead atoms. The van der Waals surface area contributed by atoms with E-state index in [1.807, 2.05) is 12.3 Å². The number of aliphatic carboxylic acids is 1. The van der Waals surface area contributed by atoms with E-state index in [9.17, 15) is 20.3 Å². The van der Waals surface area contributed by atoms with Crippen molar-refractivity contribution in [3.05, 3.63) is 40.4 Å². The Bertz CT molecular complexity index is 887. The standard InChI is InChI=1S/C18H19N3O4S/c1-10-9-26-17(20-10)21(8-14(22)23)15-12-6-11(7-19)4-5-13(12)25-18(2,3)16(15)24/h4-6,9,15-16,24H,8H2,1-3H3,(H,22,23)/t15-,16+/m0/s1. The van der Waals surface area contributed by atoms with Crippen molar-refractivity contribution in [2.45, 2.75) is 38.5 Å². The zero-order valence-electron chi connectivity index (χ0n) is 14.6. The number of nitrogens with zero attached hydrogens (tertiary/aromatic N) is 3. The van der Waals surface area contributed by atoms with Gasteiger partial charge in [0.2, 0.25) is 0 Å². The number of aromatic nitrogens is 1. The SMILES string of the molecule is Cc1csc(N(CC(=O)O)[C@H]2c3cc(C#N)ccc3OC(C)(C)[C@@H]2O)n1. The maximum absolute atomic E-state index is 11.5. The molecule has 2 atom stereocenters. The Hall–Kier alpha value is -2.63. The molecule has 2 N–H and O–H groups in total. The molecule has 2 aromatic rings. The summed E-state index contributed by atoms with van der Waals surface area (Å²) in [4.78, 5) is 17.5. The van der Waals surface area contributed by atoms with Crippen LogP contribution in [-0.4, -0.2) is 39.4 Å². The number of aliphatic hydroxyl groups excluding tert-OH is 1. The van der Waals surface area contributed by atoms with Crippen LogP contribution in [0.1, 0.15) is 36.7 Å². The first-order valence-electron chi connectivity index (χ1n) is 8.04. The molecule has 136 valence electrons. The van der Waals surface area contributed by atoms with Gasteiger partial charge in [0.1, 0.15) is 24.0 Å². The molecule has 1 aliphatic rings. The fourth-order valence-corrected chi connectivity index (χ4v) is 3.92. The second-order valence-corrected chi connectivity index (χ2v) is 7.59. The molecule has 7 nitrogen and oxygen atoms in total. The first kappa shape index (κ1) is 18.2. The number of hydrogen-bond acceptors (Lipinski definition) is 7. The summed E-state index contributed by atoms with van der Waals surface area (Å²) in [6, 6.07) is 6.32. The van der Waals surface area contributed by atoms with E-state index in [1.165, 1.54) is 11.3 Å². The molecule has 0 spiro atoms. The third kappa shape index (κ3) is 3.23. The summed E-state index contributed by atoms with van der Waals surface area (Å²) in [5.74, 6) is -0.514. The monoisotopic (exact) mass is 373 g/mol. The number of rotatable bonds is 4. The number of anilines is 1. The van der Waals surface area contributed by atoms with Crippen molar-refractivity contribution in [3.63, 3.8) is 0 Å². The van der Waals surface area contributed by atoms with Crippen LogP contribution in [0.15, 0.2) is 23.6 Å². The second-order valence-electron chi connectivity index (χ2n) is 6.75. The van der Waals surface area contributed by atoms with Crippen molar-refractivity contribution in [1.29, 1.82) is 5.26 Å².